The van der Waals surface area contributed by atoms with Crippen molar-refractivity contribution in [2.45, 2.75) is 11.3 Å². The van der Waals surface area contributed by atoms with Crippen LogP contribution in [0, 0.1) is 0 Å². The van der Waals surface area contributed by atoms with Crippen LogP contribution in [0.15, 0.2) is 53.4 Å². The third-order valence-corrected chi connectivity index (χ3v) is 5.17. The predicted octanol–water partition coefficient (Wildman–Crippen LogP) is 1.27. The van der Waals surface area contributed by atoms with E-state index in [9.17, 15) is 18.0 Å². The third kappa shape index (κ3) is 5.21. The molecule has 0 saturated carbocycles. The molecule has 9 nitrogen and oxygen atoms in total. The Morgan fingerprint density at radius 2 is 1.79 bits per heavy atom. The summed E-state index contributed by atoms with van der Waals surface area (Å²) in [4.78, 5) is 23.7. The Kier molecular flexibility index (Phi) is 6.12. The average Bonchev–Trinajstić information content (AvgIpc) is 3.15. The summed E-state index contributed by atoms with van der Waals surface area (Å²) in [5.74, 6) is -0.128. The Bertz CT molecular complexity index is 961. The molecule has 3 rings (SSSR count). The highest BCUT2D eigenvalue weighted by Gasteiger charge is 2.16. The summed E-state index contributed by atoms with van der Waals surface area (Å²) in [7, 11) is -3.69. The van der Waals surface area contributed by atoms with Gasteiger partial charge in [0.2, 0.25) is 16.8 Å². The number of benzene rings is 2. The highest BCUT2D eigenvalue weighted by Crippen LogP contribution is 2.34. The molecule has 2 aromatic carbocycles. The van der Waals surface area contributed by atoms with E-state index in [4.69, 9.17) is 14.2 Å². The quantitative estimate of drug-likeness (QED) is 0.633. The monoisotopic (exact) mass is 406 g/mol. The summed E-state index contributed by atoms with van der Waals surface area (Å²) < 4.78 is 41.6. The Balaban J connectivity index is 1.39. The van der Waals surface area contributed by atoms with E-state index in [-0.39, 0.29) is 24.7 Å². The standard InChI is InChI=1S/C18H18N2O7S/c21-17(20-13-6-7-15-16(10-13)27-12-26-15)11-25-18(22)8-9-19-28(23,24)14-4-2-1-3-5-14/h1-7,10,19H,8-9,11-12H2,(H,20,21). The molecule has 2 N–H and O–H groups in total. The van der Waals surface area contributed by atoms with E-state index in [1.807, 2.05) is 0 Å². The number of ether oxygens (including phenoxy) is 3. The number of rotatable bonds is 8. The lowest BCUT2D eigenvalue weighted by molar-refractivity contribution is -0.147. The zero-order valence-corrected chi connectivity index (χ0v) is 15.5. The molecule has 0 unspecified atom stereocenters. The molecular formula is C18H18N2O7S. The highest BCUT2D eigenvalue weighted by atomic mass is 32.2. The van der Waals surface area contributed by atoms with Gasteiger partial charge in [0, 0.05) is 18.3 Å². The van der Waals surface area contributed by atoms with Crippen LogP contribution in [0.3, 0.4) is 0 Å². The molecule has 0 saturated heterocycles. The molecule has 148 valence electrons. The fraction of sp³-hybridized carbons (Fsp3) is 0.222. The van der Waals surface area contributed by atoms with Crippen LogP contribution in [0.1, 0.15) is 6.42 Å². The number of carbonyl (C=O) groups is 2. The largest absolute Gasteiger partial charge is 0.456 e. The van der Waals surface area contributed by atoms with Gasteiger partial charge in [0.25, 0.3) is 5.91 Å². The van der Waals surface area contributed by atoms with Crippen molar-refractivity contribution in [3.05, 3.63) is 48.5 Å². The Hall–Kier alpha value is -3.11. The number of carbonyl (C=O) groups excluding carboxylic acids is 2. The topological polar surface area (TPSA) is 120 Å². The van der Waals surface area contributed by atoms with Gasteiger partial charge < -0.3 is 19.5 Å². The fourth-order valence-corrected chi connectivity index (χ4v) is 3.41. The normalized spacial score (nSPS) is 12.4. The van der Waals surface area contributed by atoms with E-state index in [2.05, 4.69) is 10.0 Å². The highest BCUT2D eigenvalue weighted by molar-refractivity contribution is 7.89. The number of hydrogen-bond acceptors (Lipinski definition) is 7. The van der Waals surface area contributed by atoms with Crippen LogP contribution in [0.4, 0.5) is 5.69 Å². The molecule has 2 aromatic rings. The summed E-state index contributed by atoms with van der Waals surface area (Å²) in [6, 6.07) is 12.7. The molecule has 0 aliphatic carbocycles. The maximum absolute atomic E-state index is 12.0. The van der Waals surface area contributed by atoms with E-state index in [1.165, 1.54) is 12.1 Å². The molecule has 0 radical (unpaired) electrons. The molecule has 1 amide bonds. The van der Waals surface area contributed by atoms with Gasteiger partial charge in [-0.2, -0.15) is 0 Å². The van der Waals surface area contributed by atoms with E-state index >= 15 is 0 Å². The van der Waals surface area contributed by atoms with E-state index in [0.29, 0.717) is 17.2 Å². The second kappa shape index (κ2) is 8.72. The molecule has 10 heteroatoms. The summed E-state index contributed by atoms with van der Waals surface area (Å²) in [6.07, 6.45) is -0.205. The summed E-state index contributed by atoms with van der Waals surface area (Å²) >= 11 is 0. The van der Waals surface area contributed by atoms with Crippen LogP contribution < -0.4 is 19.5 Å². The second-order valence-electron chi connectivity index (χ2n) is 5.74. The minimum absolute atomic E-state index is 0.103. The van der Waals surface area contributed by atoms with Crippen LogP contribution in [0.25, 0.3) is 0 Å². The molecule has 0 bridgehead atoms. The number of amides is 1. The van der Waals surface area contributed by atoms with E-state index < -0.39 is 28.5 Å². The van der Waals surface area contributed by atoms with E-state index in [0.717, 1.165) is 0 Å². The predicted molar refractivity (Wildman–Crippen MR) is 98.4 cm³/mol. The minimum atomic E-state index is -3.69. The fourth-order valence-electron chi connectivity index (χ4n) is 2.36. The Morgan fingerprint density at radius 1 is 1.04 bits per heavy atom. The van der Waals surface area contributed by atoms with Gasteiger partial charge in [-0.25, -0.2) is 13.1 Å². The SMILES string of the molecule is O=C(COC(=O)CCNS(=O)(=O)c1ccccc1)Nc1ccc2c(c1)OCO2. The van der Waals surface area contributed by atoms with Crippen molar-refractivity contribution in [3.8, 4) is 11.5 Å². The number of anilines is 1. The zero-order chi connectivity index (χ0) is 20.0. The molecule has 0 fully saturated rings. The first kappa shape index (κ1) is 19.6. The Morgan fingerprint density at radius 3 is 2.57 bits per heavy atom. The lowest BCUT2D eigenvalue weighted by Gasteiger charge is -2.08. The first-order valence-electron chi connectivity index (χ1n) is 8.34. The number of esters is 1. The minimum Gasteiger partial charge on any atom is -0.456 e. The number of nitrogens with one attached hydrogen (secondary N) is 2. The molecule has 1 aliphatic rings. The molecular weight excluding hydrogens is 388 g/mol. The number of hydrogen-bond donors (Lipinski definition) is 2. The molecule has 0 atom stereocenters. The van der Waals surface area contributed by atoms with Crippen LogP contribution in [-0.2, 0) is 24.3 Å². The summed E-state index contributed by atoms with van der Waals surface area (Å²) in [5.41, 5.74) is 0.473. The van der Waals surface area contributed by atoms with Gasteiger partial charge in [-0.15, -0.1) is 0 Å². The van der Waals surface area contributed by atoms with Crippen molar-refractivity contribution in [2.75, 3.05) is 25.3 Å². The van der Waals surface area contributed by atoms with Gasteiger partial charge in [0.05, 0.1) is 11.3 Å². The van der Waals surface area contributed by atoms with Crippen LogP contribution in [-0.4, -0.2) is 40.2 Å². The lowest BCUT2D eigenvalue weighted by atomic mass is 10.3. The van der Waals surface area contributed by atoms with Crippen molar-refractivity contribution in [1.29, 1.82) is 0 Å². The van der Waals surface area contributed by atoms with Crippen LogP contribution in [0.2, 0.25) is 0 Å². The van der Waals surface area contributed by atoms with Crippen molar-refractivity contribution >= 4 is 27.6 Å². The molecule has 1 heterocycles. The first-order valence-corrected chi connectivity index (χ1v) is 9.82. The smallest absolute Gasteiger partial charge is 0.307 e. The molecule has 0 aromatic heterocycles. The van der Waals surface area contributed by atoms with Gasteiger partial charge in [0.1, 0.15) is 0 Å². The van der Waals surface area contributed by atoms with Crippen LogP contribution in [0.5, 0.6) is 11.5 Å². The summed E-state index contributed by atoms with van der Waals surface area (Å²) in [6.45, 7) is -0.503. The van der Waals surface area contributed by atoms with Gasteiger partial charge in [0.15, 0.2) is 18.1 Å². The molecule has 28 heavy (non-hydrogen) atoms. The van der Waals surface area contributed by atoms with Crippen molar-refractivity contribution in [2.24, 2.45) is 0 Å². The van der Waals surface area contributed by atoms with E-state index in [1.54, 1.807) is 36.4 Å². The van der Waals surface area contributed by atoms with Crippen LogP contribution >= 0.6 is 0 Å². The van der Waals surface area contributed by atoms with Gasteiger partial charge in [-0.1, -0.05) is 18.2 Å². The third-order valence-electron chi connectivity index (χ3n) is 3.70. The van der Waals surface area contributed by atoms with Gasteiger partial charge in [-0.3, -0.25) is 9.59 Å². The zero-order valence-electron chi connectivity index (χ0n) is 14.7. The first-order chi connectivity index (χ1) is 13.4. The molecule has 0 spiro atoms. The van der Waals surface area contributed by atoms with Crippen molar-refractivity contribution < 1.29 is 32.2 Å². The second-order valence-corrected chi connectivity index (χ2v) is 7.50. The number of fused-ring (bicyclic) bond motifs is 1. The molecule has 1 aliphatic heterocycles. The lowest BCUT2D eigenvalue weighted by Crippen LogP contribution is -2.27. The maximum atomic E-state index is 12.0. The average molecular weight is 406 g/mol. The van der Waals surface area contributed by atoms with Gasteiger partial charge >= 0.3 is 5.97 Å². The Labute approximate surface area is 161 Å². The van der Waals surface area contributed by atoms with Crippen molar-refractivity contribution in [3.63, 3.8) is 0 Å². The van der Waals surface area contributed by atoms with Crippen molar-refractivity contribution in [1.82, 2.24) is 4.72 Å². The summed E-state index contributed by atoms with van der Waals surface area (Å²) in [5, 5.41) is 2.57. The number of sulfonamides is 1. The van der Waals surface area contributed by atoms with Gasteiger partial charge in [-0.05, 0) is 24.3 Å². The maximum Gasteiger partial charge on any atom is 0.307 e.